The molecule has 2 N–H and O–H groups in total. The highest BCUT2D eigenvalue weighted by atomic mass is 35.5. The van der Waals surface area contributed by atoms with E-state index in [-0.39, 0.29) is 12.5 Å². The van der Waals surface area contributed by atoms with Gasteiger partial charge in [-0.3, -0.25) is 4.79 Å². The number of hydrogen-bond donors (Lipinski definition) is 1. The molecule has 0 fully saturated rings. The van der Waals surface area contributed by atoms with Gasteiger partial charge in [-0.2, -0.15) is 0 Å². The lowest BCUT2D eigenvalue weighted by Crippen LogP contribution is -2.30. The summed E-state index contributed by atoms with van der Waals surface area (Å²) in [5.74, 6) is 0.464. The molecule has 0 heterocycles. The lowest BCUT2D eigenvalue weighted by Gasteiger charge is -2.18. The fraction of sp³-hybridized carbons (Fsp3) is 0.188. The summed E-state index contributed by atoms with van der Waals surface area (Å²) in [6.07, 6.45) is 0. The zero-order valence-electron chi connectivity index (χ0n) is 11.8. The number of amides is 1. The predicted octanol–water partition coefficient (Wildman–Crippen LogP) is 2.96. The van der Waals surface area contributed by atoms with Crippen molar-refractivity contribution in [1.82, 2.24) is 4.90 Å². The van der Waals surface area contributed by atoms with Crippen LogP contribution in [0.1, 0.15) is 5.56 Å². The Morgan fingerprint density at radius 2 is 2.00 bits per heavy atom. The molecule has 0 bridgehead atoms. The van der Waals surface area contributed by atoms with Crippen LogP contribution in [0.4, 0.5) is 5.69 Å². The lowest BCUT2D eigenvalue weighted by molar-refractivity contribution is -0.132. The Morgan fingerprint density at radius 1 is 1.24 bits per heavy atom. The van der Waals surface area contributed by atoms with E-state index in [0.717, 1.165) is 5.56 Å². The average molecular weight is 305 g/mol. The Balaban J connectivity index is 1.88. The first-order chi connectivity index (χ1) is 10.0. The second kappa shape index (κ2) is 6.99. The molecule has 0 radical (unpaired) electrons. The summed E-state index contributed by atoms with van der Waals surface area (Å²) in [7, 11) is 1.73. The summed E-state index contributed by atoms with van der Waals surface area (Å²) < 4.78 is 5.43. The molecule has 4 nitrogen and oxygen atoms in total. The van der Waals surface area contributed by atoms with Crippen molar-refractivity contribution in [2.24, 2.45) is 0 Å². The number of ether oxygens (including phenoxy) is 1. The molecule has 2 aromatic rings. The van der Waals surface area contributed by atoms with Crippen LogP contribution in [0.15, 0.2) is 48.5 Å². The molecule has 1 amide bonds. The van der Waals surface area contributed by atoms with E-state index >= 15 is 0 Å². The van der Waals surface area contributed by atoms with Gasteiger partial charge in [0.05, 0.1) is 0 Å². The Kier molecular flexibility index (Phi) is 5.06. The summed E-state index contributed by atoms with van der Waals surface area (Å²) in [6, 6.07) is 14.4. The number of carbonyl (C=O) groups excluding carboxylic acids is 1. The van der Waals surface area contributed by atoms with Crippen molar-refractivity contribution in [1.29, 1.82) is 0 Å². The van der Waals surface area contributed by atoms with E-state index in [4.69, 9.17) is 22.1 Å². The summed E-state index contributed by atoms with van der Waals surface area (Å²) in [6.45, 7) is 0.460. The maximum Gasteiger partial charge on any atom is 0.260 e. The zero-order valence-corrected chi connectivity index (χ0v) is 12.5. The molecule has 0 aliphatic heterocycles. The number of halogens is 1. The van der Waals surface area contributed by atoms with Crippen molar-refractivity contribution in [2.75, 3.05) is 19.4 Å². The van der Waals surface area contributed by atoms with Gasteiger partial charge in [0.25, 0.3) is 5.91 Å². The number of likely N-dealkylation sites (N-methyl/N-ethyl adjacent to an activating group) is 1. The molecule has 0 spiro atoms. The van der Waals surface area contributed by atoms with E-state index in [0.29, 0.717) is 23.0 Å². The Morgan fingerprint density at radius 3 is 2.71 bits per heavy atom. The average Bonchev–Trinajstić information content (AvgIpc) is 2.45. The van der Waals surface area contributed by atoms with E-state index in [2.05, 4.69) is 0 Å². The quantitative estimate of drug-likeness (QED) is 0.864. The molecular weight excluding hydrogens is 288 g/mol. The van der Waals surface area contributed by atoms with E-state index in [1.807, 2.05) is 24.3 Å². The highest BCUT2D eigenvalue weighted by Crippen LogP contribution is 2.17. The van der Waals surface area contributed by atoms with Gasteiger partial charge in [-0.1, -0.05) is 29.8 Å². The molecule has 21 heavy (non-hydrogen) atoms. The maximum absolute atomic E-state index is 12.0. The Bertz CT molecular complexity index is 631. The number of benzene rings is 2. The number of nitrogens with zero attached hydrogens (tertiary/aromatic N) is 1. The number of nitrogens with two attached hydrogens (primary N) is 1. The zero-order chi connectivity index (χ0) is 15.2. The molecule has 0 saturated carbocycles. The molecule has 5 heteroatoms. The van der Waals surface area contributed by atoms with Crippen LogP contribution in [0.3, 0.4) is 0 Å². The topological polar surface area (TPSA) is 55.6 Å². The van der Waals surface area contributed by atoms with Crippen molar-refractivity contribution >= 4 is 23.2 Å². The number of nitrogen functional groups attached to an aromatic ring is 1. The summed E-state index contributed by atoms with van der Waals surface area (Å²) in [5.41, 5.74) is 7.38. The van der Waals surface area contributed by atoms with Crippen LogP contribution in [-0.4, -0.2) is 24.5 Å². The number of anilines is 1. The minimum Gasteiger partial charge on any atom is -0.484 e. The fourth-order valence-electron chi connectivity index (χ4n) is 1.87. The normalized spacial score (nSPS) is 10.2. The second-order valence-corrected chi connectivity index (χ2v) is 5.18. The molecule has 0 unspecified atom stereocenters. The van der Waals surface area contributed by atoms with Crippen molar-refractivity contribution in [2.45, 2.75) is 6.54 Å². The first-order valence-electron chi connectivity index (χ1n) is 6.51. The molecule has 0 aliphatic rings. The highest BCUT2D eigenvalue weighted by Gasteiger charge is 2.10. The molecule has 0 aromatic heterocycles. The van der Waals surface area contributed by atoms with Crippen LogP contribution < -0.4 is 10.5 Å². The third kappa shape index (κ3) is 4.68. The number of rotatable bonds is 5. The van der Waals surface area contributed by atoms with Gasteiger partial charge < -0.3 is 15.4 Å². The maximum atomic E-state index is 12.0. The van der Waals surface area contributed by atoms with Crippen molar-refractivity contribution in [3.05, 3.63) is 59.1 Å². The fourth-order valence-corrected chi connectivity index (χ4v) is 2.05. The Hall–Kier alpha value is -2.20. The van der Waals surface area contributed by atoms with Gasteiger partial charge in [0.2, 0.25) is 0 Å². The molecule has 110 valence electrons. The smallest absolute Gasteiger partial charge is 0.260 e. The first-order valence-corrected chi connectivity index (χ1v) is 6.89. The van der Waals surface area contributed by atoms with E-state index in [1.54, 1.807) is 36.2 Å². The molecular formula is C16H17ClN2O2. The number of hydrogen-bond acceptors (Lipinski definition) is 3. The summed E-state index contributed by atoms with van der Waals surface area (Å²) >= 11 is 5.86. The SMILES string of the molecule is CN(Cc1cccc(N)c1)C(=O)COc1cccc(Cl)c1. The van der Waals surface area contributed by atoms with Crippen LogP contribution in [0.5, 0.6) is 5.75 Å². The predicted molar refractivity (Wildman–Crippen MR) is 84.3 cm³/mol. The van der Waals surface area contributed by atoms with Gasteiger partial charge in [0.1, 0.15) is 5.75 Å². The first kappa shape index (κ1) is 15.2. The van der Waals surface area contributed by atoms with Crippen LogP contribution >= 0.6 is 11.6 Å². The monoisotopic (exact) mass is 304 g/mol. The standard InChI is InChI=1S/C16H17ClN2O2/c1-19(10-12-4-2-6-14(18)8-12)16(20)11-21-15-7-3-5-13(17)9-15/h2-9H,10-11,18H2,1H3. The highest BCUT2D eigenvalue weighted by molar-refractivity contribution is 6.30. The van der Waals surface area contributed by atoms with Gasteiger partial charge in [0.15, 0.2) is 6.61 Å². The van der Waals surface area contributed by atoms with Crippen LogP contribution in [-0.2, 0) is 11.3 Å². The van der Waals surface area contributed by atoms with Gasteiger partial charge in [0, 0.05) is 24.3 Å². The minimum absolute atomic E-state index is 0.0286. The van der Waals surface area contributed by atoms with E-state index in [9.17, 15) is 4.79 Å². The van der Waals surface area contributed by atoms with Crippen molar-refractivity contribution < 1.29 is 9.53 Å². The van der Waals surface area contributed by atoms with Gasteiger partial charge in [-0.05, 0) is 35.9 Å². The molecule has 0 saturated heterocycles. The minimum atomic E-state index is -0.114. The van der Waals surface area contributed by atoms with Gasteiger partial charge in [-0.25, -0.2) is 0 Å². The molecule has 0 atom stereocenters. The summed E-state index contributed by atoms with van der Waals surface area (Å²) in [5, 5.41) is 0.577. The Labute approximate surface area is 129 Å². The lowest BCUT2D eigenvalue weighted by atomic mass is 10.2. The van der Waals surface area contributed by atoms with Crippen molar-refractivity contribution in [3.8, 4) is 5.75 Å². The third-order valence-corrected chi connectivity index (χ3v) is 3.19. The van der Waals surface area contributed by atoms with E-state index < -0.39 is 0 Å². The third-order valence-electron chi connectivity index (χ3n) is 2.95. The summed E-state index contributed by atoms with van der Waals surface area (Å²) in [4.78, 5) is 13.6. The van der Waals surface area contributed by atoms with Crippen LogP contribution in [0.25, 0.3) is 0 Å². The molecule has 0 aliphatic carbocycles. The second-order valence-electron chi connectivity index (χ2n) is 4.74. The largest absolute Gasteiger partial charge is 0.484 e. The molecule has 2 rings (SSSR count). The van der Waals surface area contributed by atoms with Gasteiger partial charge in [-0.15, -0.1) is 0 Å². The van der Waals surface area contributed by atoms with Gasteiger partial charge >= 0.3 is 0 Å². The molecule has 2 aromatic carbocycles. The van der Waals surface area contributed by atoms with Crippen LogP contribution in [0, 0.1) is 0 Å². The van der Waals surface area contributed by atoms with E-state index in [1.165, 1.54) is 0 Å². The van der Waals surface area contributed by atoms with Crippen molar-refractivity contribution in [3.63, 3.8) is 0 Å². The number of carbonyl (C=O) groups is 1. The van der Waals surface area contributed by atoms with Crippen LogP contribution in [0.2, 0.25) is 5.02 Å².